The van der Waals surface area contributed by atoms with Crippen LogP contribution in [0.4, 0.5) is 10.6 Å². The number of alkyl carbamates (subject to hydrolysis) is 1. The summed E-state index contributed by atoms with van der Waals surface area (Å²) in [6, 6.07) is 3.41. The number of H-pyrrole nitrogens is 1. The van der Waals surface area contributed by atoms with Crippen LogP contribution in [0.2, 0.25) is 0 Å². The lowest BCUT2D eigenvalue weighted by atomic mass is 9.85. The molecule has 3 aliphatic heterocycles. The Morgan fingerprint density at radius 3 is 2.55 bits per heavy atom. The molecule has 14 nitrogen and oxygen atoms in total. The number of ether oxygens (including phenoxy) is 1. The number of piperidine rings is 1. The Balaban J connectivity index is 1.24. The molecular formula is C26H26N10O4. The van der Waals surface area contributed by atoms with Crippen molar-refractivity contribution in [2.24, 2.45) is 0 Å². The number of hydrogen-bond acceptors (Lipinski definition) is 10. The highest BCUT2D eigenvalue weighted by Gasteiger charge is 2.45. The van der Waals surface area contributed by atoms with Gasteiger partial charge in [0.15, 0.2) is 11.4 Å². The van der Waals surface area contributed by atoms with Crippen LogP contribution in [0.5, 0.6) is 0 Å². The molecule has 0 aromatic carbocycles. The fourth-order valence-electron chi connectivity index (χ4n) is 6.37. The molecule has 7 heterocycles. The highest BCUT2D eigenvalue weighted by Crippen LogP contribution is 2.45. The maximum atomic E-state index is 13.1. The summed E-state index contributed by atoms with van der Waals surface area (Å²) in [6.07, 6.45) is 7.28. The van der Waals surface area contributed by atoms with Crippen molar-refractivity contribution in [1.29, 1.82) is 0 Å². The second-order valence-electron chi connectivity index (χ2n) is 10.5. The van der Waals surface area contributed by atoms with Gasteiger partial charge in [-0.25, -0.2) is 14.8 Å². The van der Waals surface area contributed by atoms with E-state index in [4.69, 9.17) is 15.5 Å². The van der Waals surface area contributed by atoms with Crippen LogP contribution >= 0.6 is 0 Å². The van der Waals surface area contributed by atoms with E-state index in [1.54, 1.807) is 12.4 Å². The minimum absolute atomic E-state index is 0.00147. The number of cyclic esters (lactones) is 1. The molecule has 14 heteroatoms. The maximum Gasteiger partial charge on any atom is 0.407 e. The first kappa shape index (κ1) is 24.2. The molecular weight excluding hydrogens is 516 g/mol. The fourth-order valence-corrected chi connectivity index (χ4v) is 6.37. The molecule has 4 atom stereocenters. The number of nitrogen functional groups attached to an aromatic ring is 1. The van der Waals surface area contributed by atoms with E-state index < -0.39 is 6.09 Å². The van der Waals surface area contributed by atoms with Gasteiger partial charge < -0.3 is 20.7 Å². The van der Waals surface area contributed by atoms with Crippen LogP contribution in [0.25, 0.3) is 16.8 Å². The van der Waals surface area contributed by atoms with Crippen molar-refractivity contribution in [3.05, 3.63) is 53.6 Å². The third kappa shape index (κ3) is 3.78. The maximum absolute atomic E-state index is 13.1. The molecule has 0 radical (unpaired) electrons. The monoisotopic (exact) mass is 542 g/mol. The molecule has 40 heavy (non-hydrogen) atoms. The SMILES string of the molecule is CC(=O)c1c(C2C[C@H]3CC[C@@H](C2)N3C(=O)c2ncn[nH]2)nc2c(-c3ccc([C@H]4COC(=O)N4)nc3)cnn2c1N. The number of Topliss-reactive ketones (excluding diaryl/α,β-unsaturated/α-hetero) is 1. The Hall–Kier alpha value is -4.88. The molecule has 3 saturated heterocycles. The minimum Gasteiger partial charge on any atom is -0.447 e. The van der Waals surface area contributed by atoms with Crippen molar-refractivity contribution in [3.8, 4) is 11.1 Å². The molecule has 0 aliphatic carbocycles. The van der Waals surface area contributed by atoms with Crippen molar-refractivity contribution in [1.82, 2.24) is 45.0 Å². The lowest BCUT2D eigenvalue weighted by Crippen LogP contribution is -2.46. The minimum atomic E-state index is -0.464. The van der Waals surface area contributed by atoms with E-state index in [1.807, 2.05) is 17.0 Å². The lowest BCUT2D eigenvalue weighted by Gasteiger charge is -2.38. The van der Waals surface area contributed by atoms with Crippen LogP contribution in [0.15, 0.2) is 30.9 Å². The van der Waals surface area contributed by atoms with Gasteiger partial charge in [-0.05, 0) is 38.7 Å². The van der Waals surface area contributed by atoms with E-state index >= 15 is 0 Å². The second-order valence-corrected chi connectivity index (χ2v) is 10.5. The van der Waals surface area contributed by atoms with Crippen molar-refractivity contribution < 1.29 is 19.1 Å². The van der Waals surface area contributed by atoms with Gasteiger partial charge in [-0.3, -0.25) is 19.7 Å². The number of ketones is 1. The molecule has 2 amide bonds. The Bertz CT molecular complexity index is 1630. The first-order valence-electron chi connectivity index (χ1n) is 13.1. The average Bonchev–Trinajstić information content (AvgIpc) is 3.75. The lowest BCUT2D eigenvalue weighted by molar-refractivity contribution is 0.0556. The molecule has 0 saturated carbocycles. The topological polar surface area (TPSA) is 186 Å². The number of rotatable bonds is 5. The number of nitrogens with one attached hydrogen (secondary N) is 2. The number of hydrogen-bond donors (Lipinski definition) is 3. The number of nitrogens with zero attached hydrogens (tertiary/aromatic N) is 7. The normalized spacial score (nSPS) is 23.8. The Morgan fingerprint density at radius 2 is 1.93 bits per heavy atom. The van der Waals surface area contributed by atoms with Gasteiger partial charge in [0.05, 0.1) is 23.1 Å². The number of aromatic amines is 1. The van der Waals surface area contributed by atoms with Gasteiger partial charge in [0, 0.05) is 35.3 Å². The highest BCUT2D eigenvalue weighted by atomic mass is 16.6. The summed E-state index contributed by atoms with van der Waals surface area (Å²) in [6.45, 7) is 1.71. The average molecular weight is 543 g/mol. The standard InChI is InChI=1S/C26H26N10O4/c1-12(37)20-21(14-6-15-3-4-16(7-14)35(15)25(38)23-29-11-30-34-23)33-24-17(9-31-36(24)22(20)27)13-2-5-18(28-8-13)19-10-40-26(39)32-19/h2,5,8-9,11,14-16,19H,3-4,6-7,10,27H2,1H3,(H,32,39)(H,29,30,34)/t14?,15-,16+,19-/m1/s1. The zero-order chi connectivity index (χ0) is 27.5. The summed E-state index contributed by atoms with van der Waals surface area (Å²) in [4.78, 5) is 52.8. The van der Waals surface area contributed by atoms with Crippen LogP contribution in [0.3, 0.4) is 0 Å². The molecule has 204 valence electrons. The van der Waals surface area contributed by atoms with Gasteiger partial charge in [0.2, 0.25) is 5.82 Å². The first-order chi connectivity index (χ1) is 19.4. The Labute approximate surface area is 227 Å². The van der Waals surface area contributed by atoms with Crippen LogP contribution in [0.1, 0.15) is 76.9 Å². The number of pyridine rings is 1. The molecule has 4 aromatic rings. The summed E-state index contributed by atoms with van der Waals surface area (Å²) in [7, 11) is 0. The van der Waals surface area contributed by atoms with Gasteiger partial charge >= 0.3 is 6.09 Å². The van der Waals surface area contributed by atoms with Gasteiger partial charge in [0.25, 0.3) is 5.91 Å². The van der Waals surface area contributed by atoms with Gasteiger partial charge in [-0.15, -0.1) is 0 Å². The Morgan fingerprint density at radius 1 is 1.12 bits per heavy atom. The van der Waals surface area contributed by atoms with E-state index in [0.717, 1.165) is 24.0 Å². The van der Waals surface area contributed by atoms with E-state index in [0.29, 0.717) is 35.4 Å². The molecule has 3 aliphatic rings. The molecule has 1 unspecified atom stereocenters. The molecule has 4 aromatic heterocycles. The van der Waals surface area contributed by atoms with Crippen molar-refractivity contribution in [3.63, 3.8) is 0 Å². The van der Waals surface area contributed by atoms with Gasteiger partial charge in [-0.2, -0.15) is 14.7 Å². The van der Waals surface area contributed by atoms with E-state index in [1.165, 1.54) is 17.8 Å². The van der Waals surface area contributed by atoms with E-state index in [-0.39, 0.29) is 54.0 Å². The van der Waals surface area contributed by atoms with Gasteiger partial charge in [0.1, 0.15) is 24.8 Å². The van der Waals surface area contributed by atoms with Crippen molar-refractivity contribution >= 4 is 29.2 Å². The van der Waals surface area contributed by atoms with E-state index in [9.17, 15) is 14.4 Å². The highest BCUT2D eigenvalue weighted by molar-refractivity contribution is 6.00. The number of anilines is 1. The number of carbonyl (C=O) groups excluding carboxylic acids is 3. The summed E-state index contributed by atoms with van der Waals surface area (Å²) < 4.78 is 6.46. The molecule has 3 fully saturated rings. The second kappa shape index (κ2) is 9.10. The summed E-state index contributed by atoms with van der Waals surface area (Å²) in [5.41, 5.74) is 10.2. The zero-order valence-electron chi connectivity index (χ0n) is 21.6. The summed E-state index contributed by atoms with van der Waals surface area (Å²) >= 11 is 0. The predicted molar refractivity (Wildman–Crippen MR) is 139 cm³/mol. The number of carbonyl (C=O) groups is 3. The first-order valence-corrected chi connectivity index (χ1v) is 13.1. The van der Waals surface area contributed by atoms with Crippen LogP contribution in [-0.2, 0) is 4.74 Å². The molecule has 2 bridgehead atoms. The number of aromatic nitrogens is 7. The molecule has 0 spiro atoms. The smallest absolute Gasteiger partial charge is 0.407 e. The molecule has 7 rings (SSSR count). The number of nitrogens with two attached hydrogens (primary N) is 1. The number of amides is 2. The van der Waals surface area contributed by atoms with Crippen LogP contribution in [-0.4, -0.2) is 76.1 Å². The van der Waals surface area contributed by atoms with Crippen molar-refractivity contribution in [2.45, 2.75) is 56.7 Å². The predicted octanol–water partition coefficient (Wildman–Crippen LogP) is 2.03. The van der Waals surface area contributed by atoms with Gasteiger partial charge in [-0.1, -0.05) is 6.07 Å². The largest absolute Gasteiger partial charge is 0.447 e. The number of fused-ring (bicyclic) bond motifs is 3. The van der Waals surface area contributed by atoms with Crippen LogP contribution in [0, 0.1) is 0 Å². The van der Waals surface area contributed by atoms with E-state index in [2.05, 4.69) is 30.6 Å². The summed E-state index contributed by atoms with van der Waals surface area (Å²) in [5, 5.41) is 13.7. The third-order valence-corrected chi connectivity index (χ3v) is 8.16. The quantitative estimate of drug-likeness (QED) is 0.315. The zero-order valence-corrected chi connectivity index (χ0v) is 21.6. The third-order valence-electron chi connectivity index (χ3n) is 8.16. The summed E-state index contributed by atoms with van der Waals surface area (Å²) in [5.74, 6) is 0.0718. The molecule has 4 N–H and O–H groups in total. The Kier molecular flexibility index (Phi) is 5.50. The fraction of sp³-hybridized carbons (Fsp3) is 0.385. The van der Waals surface area contributed by atoms with Crippen molar-refractivity contribution in [2.75, 3.05) is 12.3 Å². The van der Waals surface area contributed by atoms with Crippen LogP contribution < -0.4 is 11.1 Å².